The lowest BCUT2D eigenvalue weighted by Gasteiger charge is -2.14. The van der Waals surface area contributed by atoms with E-state index in [1.165, 1.54) is 11.3 Å². The Morgan fingerprint density at radius 1 is 1.62 bits per heavy atom. The first-order valence-corrected chi connectivity index (χ1v) is 5.95. The normalized spacial score (nSPS) is 14.8. The number of carbonyl (C=O) groups is 2. The van der Waals surface area contributed by atoms with Crippen molar-refractivity contribution < 1.29 is 9.59 Å². The van der Waals surface area contributed by atoms with Crippen molar-refractivity contribution in [2.45, 2.75) is 25.3 Å². The summed E-state index contributed by atoms with van der Waals surface area (Å²) in [6.45, 7) is 0. The van der Waals surface area contributed by atoms with Crippen LogP contribution in [0.4, 0.5) is 0 Å². The number of hydrogen-bond acceptors (Lipinski definition) is 4. The van der Waals surface area contributed by atoms with Crippen molar-refractivity contribution in [2.24, 2.45) is 5.73 Å². The number of nitrogens with two attached hydrogens (primary N) is 1. The van der Waals surface area contributed by atoms with Gasteiger partial charge in [-0.2, -0.15) is 0 Å². The molecule has 1 fully saturated rings. The number of primary amides is 1. The molecule has 86 valence electrons. The Balaban J connectivity index is 1.97. The Morgan fingerprint density at radius 3 is 2.81 bits per heavy atom. The van der Waals surface area contributed by atoms with Gasteiger partial charge in [-0.3, -0.25) is 9.59 Å². The van der Waals surface area contributed by atoms with Gasteiger partial charge in [-0.15, -0.1) is 11.3 Å². The predicted octanol–water partition coefficient (Wildman–Crippen LogP) is 0.405. The monoisotopic (exact) mass is 239 g/mol. The molecule has 0 aliphatic heterocycles. The van der Waals surface area contributed by atoms with Gasteiger partial charge in [-0.25, -0.2) is 4.98 Å². The van der Waals surface area contributed by atoms with Gasteiger partial charge < -0.3 is 10.6 Å². The zero-order valence-corrected chi connectivity index (χ0v) is 9.79. The van der Waals surface area contributed by atoms with Crippen molar-refractivity contribution in [1.29, 1.82) is 0 Å². The molecule has 0 atom stereocenters. The maximum Gasteiger partial charge on any atom is 0.277 e. The highest BCUT2D eigenvalue weighted by atomic mass is 32.1. The zero-order valence-electron chi connectivity index (χ0n) is 8.97. The van der Waals surface area contributed by atoms with Crippen molar-refractivity contribution in [3.63, 3.8) is 0 Å². The molecule has 5 nitrogen and oxygen atoms in total. The number of nitrogens with zero attached hydrogens (tertiary/aromatic N) is 2. The van der Waals surface area contributed by atoms with E-state index < -0.39 is 5.91 Å². The van der Waals surface area contributed by atoms with Crippen LogP contribution in [0.2, 0.25) is 0 Å². The summed E-state index contributed by atoms with van der Waals surface area (Å²) in [6.07, 6.45) is 2.43. The third kappa shape index (κ3) is 2.38. The molecule has 1 aliphatic carbocycles. The minimum Gasteiger partial charge on any atom is -0.364 e. The van der Waals surface area contributed by atoms with Gasteiger partial charge in [0.2, 0.25) is 5.91 Å². The molecule has 1 saturated carbocycles. The Labute approximate surface area is 97.3 Å². The number of rotatable bonds is 4. The zero-order chi connectivity index (χ0) is 11.7. The highest BCUT2D eigenvalue weighted by Crippen LogP contribution is 2.25. The second kappa shape index (κ2) is 4.21. The summed E-state index contributed by atoms with van der Waals surface area (Å²) in [5.41, 5.74) is 5.71. The fraction of sp³-hybridized carbons (Fsp3) is 0.500. The van der Waals surface area contributed by atoms with Crippen molar-refractivity contribution in [3.8, 4) is 0 Å². The molecule has 2 rings (SSSR count). The molecule has 0 bridgehead atoms. The molecule has 1 aromatic rings. The van der Waals surface area contributed by atoms with E-state index in [0.29, 0.717) is 11.7 Å². The summed E-state index contributed by atoms with van der Waals surface area (Å²) >= 11 is 1.18. The van der Waals surface area contributed by atoms with Crippen molar-refractivity contribution in [2.75, 3.05) is 7.05 Å². The average Bonchev–Trinajstić information content (AvgIpc) is 2.97. The molecule has 2 amide bonds. The predicted molar refractivity (Wildman–Crippen MR) is 60.1 cm³/mol. The van der Waals surface area contributed by atoms with Crippen LogP contribution in [0.3, 0.4) is 0 Å². The molecule has 0 spiro atoms. The standard InChI is InChI=1S/C10H13N3O2S/c1-13(7-2-3-7)8(14)4-6-5-16-10(12-6)9(11)15/h5,7H,2-4H2,1H3,(H2,11,15). The minimum atomic E-state index is -0.542. The molecule has 1 aliphatic rings. The third-order valence-corrected chi connectivity index (χ3v) is 3.49. The van der Waals surface area contributed by atoms with E-state index in [4.69, 9.17) is 5.73 Å². The average molecular weight is 239 g/mol. The molecule has 0 aromatic carbocycles. The van der Waals surface area contributed by atoms with Crippen LogP contribution < -0.4 is 5.73 Å². The van der Waals surface area contributed by atoms with E-state index in [1.807, 2.05) is 0 Å². The number of thiazole rings is 1. The fourth-order valence-electron chi connectivity index (χ4n) is 1.45. The van der Waals surface area contributed by atoms with Gasteiger partial charge in [0.05, 0.1) is 12.1 Å². The number of hydrogen-bond donors (Lipinski definition) is 1. The van der Waals surface area contributed by atoms with E-state index in [0.717, 1.165) is 12.8 Å². The van der Waals surface area contributed by atoms with E-state index in [-0.39, 0.29) is 17.3 Å². The maximum atomic E-state index is 11.7. The van der Waals surface area contributed by atoms with Crippen LogP contribution in [0.15, 0.2) is 5.38 Å². The lowest BCUT2D eigenvalue weighted by Crippen LogP contribution is -2.30. The van der Waals surface area contributed by atoms with Gasteiger partial charge in [-0.1, -0.05) is 0 Å². The summed E-state index contributed by atoms with van der Waals surface area (Å²) in [4.78, 5) is 28.3. The van der Waals surface area contributed by atoms with Crippen LogP contribution in [0.1, 0.15) is 28.3 Å². The van der Waals surface area contributed by atoms with Crippen LogP contribution >= 0.6 is 11.3 Å². The molecular weight excluding hydrogens is 226 g/mol. The quantitative estimate of drug-likeness (QED) is 0.826. The van der Waals surface area contributed by atoms with Gasteiger partial charge in [0, 0.05) is 18.5 Å². The highest BCUT2D eigenvalue weighted by molar-refractivity contribution is 7.11. The third-order valence-electron chi connectivity index (χ3n) is 2.58. The van der Waals surface area contributed by atoms with Gasteiger partial charge >= 0.3 is 0 Å². The summed E-state index contributed by atoms with van der Waals surface area (Å²) in [5, 5.41) is 1.97. The van der Waals surface area contributed by atoms with Gasteiger partial charge in [0.25, 0.3) is 5.91 Å². The minimum absolute atomic E-state index is 0.0452. The molecule has 1 aromatic heterocycles. The van der Waals surface area contributed by atoms with Gasteiger partial charge in [0.15, 0.2) is 5.01 Å². The molecule has 16 heavy (non-hydrogen) atoms. The summed E-state index contributed by atoms with van der Waals surface area (Å²) < 4.78 is 0. The molecular formula is C10H13N3O2S. The Morgan fingerprint density at radius 2 is 2.31 bits per heavy atom. The number of aromatic nitrogens is 1. The first-order chi connectivity index (χ1) is 7.58. The van der Waals surface area contributed by atoms with Crippen LogP contribution in [-0.2, 0) is 11.2 Å². The molecule has 6 heteroatoms. The van der Waals surface area contributed by atoms with Crippen LogP contribution in [-0.4, -0.2) is 34.8 Å². The summed E-state index contributed by atoms with van der Waals surface area (Å²) in [7, 11) is 1.81. The van der Waals surface area contributed by atoms with Gasteiger partial charge in [0.1, 0.15) is 0 Å². The highest BCUT2D eigenvalue weighted by Gasteiger charge is 2.29. The van der Waals surface area contributed by atoms with Crippen LogP contribution in [0.5, 0.6) is 0 Å². The molecule has 1 heterocycles. The van der Waals surface area contributed by atoms with E-state index in [1.54, 1.807) is 17.3 Å². The Kier molecular flexibility index (Phi) is 2.91. The topological polar surface area (TPSA) is 76.3 Å². The Hall–Kier alpha value is -1.43. The van der Waals surface area contributed by atoms with E-state index >= 15 is 0 Å². The largest absolute Gasteiger partial charge is 0.364 e. The lowest BCUT2D eigenvalue weighted by molar-refractivity contribution is -0.129. The van der Waals surface area contributed by atoms with Crippen molar-refractivity contribution in [1.82, 2.24) is 9.88 Å². The van der Waals surface area contributed by atoms with Crippen molar-refractivity contribution >= 4 is 23.2 Å². The molecule has 0 radical (unpaired) electrons. The first kappa shape index (κ1) is 11.1. The van der Waals surface area contributed by atoms with Crippen molar-refractivity contribution in [3.05, 3.63) is 16.1 Å². The Bertz CT molecular complexity index is 425. The summed E-state index contributed by atoms with van der Waals surface area (Å²) in [6, 6.07) is 0.404. The SMILES string of the molecule is CN(C(=O)Cc1csc(C(N)=O)n1)C1CC1. The molecule has 2 N–H and O–H groups in total. The molecule has 0 unspecified atom stereocenters. The van der Waals surface area contributed by atoms with E-state index in [9.17, 15) is 9.59 Å². The molecule has 0 saturated heterocycles. The van der Waals surface area contributed by atoms with Crippen LogP contribution in [0, 0.1) is 0 Å². The van der Waals surface area contributed by atoms with Gasteiger partial charge in [-0.05, 0) is 12.8 Å². The number of carbonyl (C=O) groups excluding carboxylic acids is 2. The second-order valence-corrected chi connectivity index (χ2v) is 4.78. The van der Waals surface area contributed by atoms with Crippen LogP contribution in [0.25, 0.3) is 0 Å². The lowest BCUT2D eigenvalue weighted by atomic mass is 10.3. The second-order valence-electron chi connectivity index (χ2n) is 3.92. The number of amides is 2. The maximum absolute atomic E-state index is 11.7. The summed E-state index contributed by atoms with van der Waals surface area (Å²) in [5.74, 6) is -0.497. The first-order valence-electron chi connectivity index (χ1n) is 5.08. The number of likely N-dealkylation sites (N-methyl/N-ethyl adjacent to an activating group) is 1. The van der Waals surface area contributed by atoms with E-state index in [2.05, 4.69) is 4.98 Å². The fourth-order valence-corrected chi connectivity index (χ4v) is 2.12. The smallest absolute Gasteiger partial charge is 0.277 e.